The minimum atomic E-state index is -0.325. The molecule has 78 valence electrons. The second-order valence-electron chi connectivity index (χ2n) is 3.47. The van der Waals surface area contributed by atoms with Crippen molar-refractivity contribution in [2.24, 2.45) is 5.73 Å². The normalized spacial score (nSPS) is 20.9. The van der Waals surface area contributed by atoms with E-state index in [-0.39, 0.29) is 12.5 Å². The summed E-state index contributed by atoms with van der Waals surface area (Å²) in [6.07, 6.45) is 0. The number of hydrogen-bond donors (Lipinski definition) is 2. The molecule has 3 N–H and O–H groups in total. The Kier molecular flexibility index (Phi) is 2.20. The number of ether oxygens (including phenoxy) is 1. The van der Waals surface area contributed by atoms with Gasteiger partial charge in [0.05, 0.1) is 25.5 Å². The van der Waals surface area contributed by atoms with Gasteiger partial charge in [-0.3, -0.25) is 4.79 Å². The number of nitrogens with zero attached hydrogens (tertiary/aromatic N) is 2. The van der Waals surface area contributed by atoms with Crippen molar-refractivity contribution < 1.29 is 9.53 Å². The minimum absolute atomic E-state index is 0.239. The number of primary amides is 1. The Bertz CT molecular complexity index is 289. The van der Waals surface area contributed by atoms with Crippen LogP contribution < -0.4 is 11.1 Å². The lowest BCUT2D eigenvalue weighted by molar-refractivity contribution is -0.118. The molecule has 0 saturated carbocycles. The Morgan fingerprint density at radius 1 is 1.71 bits per heavy atom. The van der Waals surface area contributed by atoms with Crippen molar-refractivity contribution in [1.29, 1.82) is 0 Å². The van der Waals surface area contributed by atoms with E-state index in [1.165, 1.54) is 0 Å². The quantitative estimate of drug-likeness (QED) is 0.560. The van der Waals surface area contributed by atoms with E-state index in [9.17, 15) is 4.79 Å². The van der Waals surface area contributed by atoms with Crippen molar-refractivity contribution in [1.82, 2.24) is 15.1 Å². The fourth-order valence-electron chi connectivity index (χ4n) is 1.72. The molecule has 2 aliphatic heterocycles. The zero-order valence-corrected chi connectivity index (χ0v) is 8.12. The van der Waals surface area contributed by atoms with Crippen LogP contribution in [0.1, 0.15) is 0 Å². The molecule has 0 atom stereocenters. The van der Waals surface area contributed by atoms with Crippen molar-refractivity contribution in [2.75, 3.05) is 33.6 Å². The first-order valence-corrected chi connectivity index (χ1v) is 4.47. The van der Waals surface area contributed by atoms with Gasteiger partial charge in [0.2, 0.25) is 5.91 Å². The van der Waals surface area contributed by atoms with Crippen molar-refractivity contribution in [3.63, 3.8) is 0 Å². The molecule has 2 aliphatic rings. The van der Waals surface area contributed by atoms with E-state index in [1.54, 1.807) is 0 Å². The topological polar surface area (TPSA) is 70.8 Å². The second kappa shape index (κ2) is 3.38. The summed E-state index contributed by atoms with van der Waals surface area (Å²) in [4.78, 5) is 14.7. The standard InChI is InChI=1S/C8H14N4O2/c1-11-5-14-3-6-8(11)10-4-12(6)2-7(9)13/h10H,2-5H2,1H3,(H2,9,13). The summed E-state index contributed by atoms with van der Waals surface area (Å²) in [6.45, 7) is 1.99. The predicted octanol–water partition coefficient (Wildman–Crippen LogP) is -1.58. The number of carbonyl (C=O) groups excluding carboxylic acids is 1. The Morgan fingerprint density at radius 2 is 2.50 bits per heavy atom. The first-order valence-electron chi connectivity index (χ1n) is 4.47. The van der Waals surface area contributed by atoms with Crippen LogP contribution in [-0.2, 0) is 9.53 Å². The van der Waals surface area contributed by atoms with Crippen LogP contribution in [0.4, 0.5) is 0 Å². The zero-order valence-electron chi connectivity index (χ0n) is 8.12. The van der Waals surface area contributed by atoms with E-state index in [0.717, 1.165) is 11.5 Å². The molecule has 0 fully saturated rings. The molecule has 0 aromatic rings. The van der Waals surface area contributed by atoms with Gasteiger partial charge in [-0.25, -0.2) is 0 Å². The first-order chi connectivity index (χ1) is 6.68. The molecular weight excluding hydrogens is 184 g/mol. The van der Waals surface area contributed by atoms with E-state index in [4.69, 9.17) is 10.5 Å². The van der Waals surface area contributed by atoms with Crippen LogP contribution in [0.3, 0.4) is 0 Å². The van der Waals surface area contributed by atoms with Gasteiger partial charge < -0.3 is 25.6 Å². The Balaban J connectivity index is 2.13. The van der Waals surface area contributed by atoms with Crippen LogP contribution in [0.2, 0.25) is 0 Å². The molecule has 1 amide bonds. The smallest absolute Gasteiger partial charge is 0.237 e. The monoisotopic (exact) mass is 198 g/mol. The third kappa shape index (κ3) is 1.48. The van der Waals surface area contributed by atoms with Crippen molar-refractivity contribution in [3.05, 3.63) is 11.5 Å². The molecule has 0 bridgehead atoms. The predicted molar refractivity (Wildman–Crippen MR) is 49.5 cm³/mol. The van der Waals surface area contributed by atoms with E-state index in [0.29, 0.717) is 20.0 Å². The molecule has 6 heteroatoms. The lowest BCUT2D eigenvalue weighted by atomic mass is 10.3. The van der Waals surface area contributed by atoms with E-state index in [1.807, 2.05) is 16.8 Å². The zero-order chi connectivity index (χ0) is 10.1. The summed E-state index contributed by atoms with van der Waals surface area (Å²) in [7, 11) is 1.94. The fraction of sp³-hybridized carbons (Fsp3) is 0.625. The fourth-order valence-corrected chi connectivity index (χ4v) is 1.72. The highest BCUT2D eigenvalue weighted by Gasteiger charge is 2.28. The van der Waals surface area contributed by atoms with Gasteiger partial charge in [0.1, 0.15) is 12.6 Å². The third-order valence-electron chi connectivity index (χ3n) is 2.34. The summed E-state index contributed by atoms with van der Waals surface area (Å²) in [5, 5.41) is 3.21. The van der Waals surface area contributed by atoms with E-state index in [2.05, 4.69) is 5.32 Å². The van der Waals surface area contributed by atoms with Gasteiger partial charge in [0.15, 0.2) is 0 Å². The molecule has 0 aromatic heterocycles. The molecule has 2 rings (SSSR count). The highest BCUT2D eigenvalue weighted by atomic mass is 16.5. The van der Waals surface area contributed by atoms with Crippen LogP contribution in [-0.4, -0.2) is 49.3 Å². The van der Waals surface area contributed by atoms with Gasteiger partial charge in [-0.05, 0) is 0 Å². The first kappa shape index (κ1) is 9.14. The maximum atomic E-state index is 10.8. The van der Waals surface area contributed by atoms with Crippen LogP contribution in [0, 0.1) is 0 Å². The Hall–Kier alpha value is -1.43. The highest BCUT2D eigenvalue weighted by Crippen LogP contribution is 2.20. The summed E-state index contributed by atoms with van der Waals surface area (Å²) >= 11 is 0. The second-order valence-corrected chi connectivity index (χ2v) is 3.47. The molecule has 0 spiro atoms. The van der Waals surface area contributed by atoms with E-state index >= 15 is 0 Å². The number of nitrogens with one attached hydrogen (secondary N) is 1. The lowest BCUT2D eigenvalue weighted by Gasteiger charge is -2.27. The maximum absolute atomic E-state index is 10.8. The SMILES string of the molecule is CN1COCC2=C1NCN2CC(N)=O. The number of rotatable bonds is 2. The van der Waals surface area contributed by atoms with Gasteiger partial charge in [-0.15, -0.1) is 0 Å². The molecular formula is C8H14N4O2. The molecule has 6 nitrogen and oxygen atoms in total. The average Bonchev–Trinajstić information content (AvgIpc) is 2.49. The number of amides is 1. The van der Waals surface area contributed by atoms with Crippen molar-refractivity contribution in [2.45, 2.75) is 0 Å². The molecule has 0 radical (unpaired) electrons. The molecule has 0 saturated heterocycles. The van der Waals surface area contributed by atoms with Crippen molar-refractivity contribution in [3.8, 4) is 0 Å². The molecule has 0 aliphatic carbocycles. The molecule has 0 unspecified atom stereocenters. The summed E-state index contributed by atoms with van der Waals surface area (Å²) in [6, 6.07) is 0. The van der Waals surface area contributed by atoms with E-state index < -0.39 is 0 Å². The molecule has 2 heterocycles. The highest BCUT2D eigenvalue weighted by molar-refractivity contribution is 5.76. The maximum Gasteiger partial charge on any atom is 0.237 e. The molecule has 14 heavy (non-hydrogen) atoms. The van der Waals surface area contributed by atoms with Crippen LogP contribution >= 0.6 is 0 Å². The van der Waals surface area contributed by atoms with Crippen LogP contribution in [0.5, 0.6) is 0 Å². The van der Waals surface area contributed by atoms with Crippen molar-refractivity contribution >= 4 is 5.91 Å². The minimum Gasteiger partial charge on any atom is -0.368 e. The van der Waals surface area contributed by atoms with Gasteiger partial charge in [0.25, 0.3) is 0 Å². The number of carbonyl (C=O) groups is 1. The van der Waals surface area contributed by atoms with Gasteiger partial charge >= 0.3 is 0 Å². The largest absolute Gasteiger partial charge is 0.368 e. The Morgan fingerprint density at radius 3 is 3.21 bits per heavy atom. The Labute approximate surface area is 82.3 Å². The number of nitrogens with two attached hydrogens (primary N) is 1. The van der Waals surface area contributed by atoms with Gasteiger partial charge in [-0.1, -0.05) is 0 Å². The lowest BCUT2D eigenvalue weighted by Crippen LogP contribution is -2.35. The van der Waals surface area contributed by atoms with Crippen LogP contribution in [0.15, 0.2) is 11.5 Å². The summed E-state index contributed by atoms with van der Waals surface area (Å²) in [5.41, 5.74) is 6.15. The third-order valence-corrected chi connectivity index (χ3v) is 2.34. The summed E-state index contributed by atoms with van der Waals surface area (Å²) in [5.74, 6) is 0.714. The van der Waals surface area contributed by atoms with Gasteiger partial charge in [-0.2, -0.15) is 0 Å². The van der Waals surface area contributed by atoms with Gasteiger partial charge in [0, 0.05) is 7.05 Å². The number of hydrogen-bond acceptors (Lipinski definition) is 5. The van der Waals surface area contributed by atoms with Crippen LogP contribution in [0.25, 0.3) is 0 Å². The average molecular weight is 198 g/mol. The summed E-state index contributed by atoms with van der Waals surface area (Å²) < 4.78 is 5.34. The molecule has 0 aromatic carbocycles.